The zero-order valence-electron chi connectivity index (χ0n) is 5.66. The van der Waals surface area contributed by atoms with E-state index in [1.807, 2.05) is 0 Å². The van der Waals surface area contributed by atoms with Crippen LogP contribution in [0, 0.1) is 23.2 Å². The lowest BCUT2D eigenvalue weighted by Crippen LogP contribution is -1.69. The first-order valence-corrected chi connectivity index (χ1v) is 3.78. The van der Waals surface area contributed by atoms with Crippen LogP contribution in [0.1, 0.15) is 9.75 Å². The van der Waals surface area contributed by atoms with Crippen molar-refractivity contribution in [1.29, 1.82) is 5.26 Å². The molecule has 0 spiro atoms. The summed E-state index contributed by atoms with van der Waals surface area (Å²) in [6.07, 6.45) is 0. The second-order valence-corrected chi connectivity index (χ2v) is 2.95. The zero-order chi connectivity index (χ0) is 8.10. The average Bonchev–Trinajstić information content (AvgIpc) is 2.48. The van der Waals surface area contributed by atoms with Crippen molar-refractivity contribution in [3.05, 3.63) is 21.9 Å². The molecule has 1 N–H and O–H groups in total. The molecule has 0 unspecified atom stereocenters. The summed E-state index contributed by atoms with van der Waals surface area (Å²) in [6.45, 7) is 0.0406. The van der Waals surface area contributed by atoms with Gasteiger partial charge in [-0.25, -0.2) is 0 Å². The summed E-state index contributed by atoms with van der Waals surface area (Å²) < 4.78 is 0. The number of hydrogen-bond donors (Lipinski definition) is 1. The topological polar surface area (TPSA) is 44.0 Å². The van der Waals surface area contributed by atoms with Crippen LogP contribution in [0.15, 0.2) is 12.1 Å². The fourth-order valence-electron chi connectivity index (χ4n) is 0.620. The Bertz CT molecular complexity index is 337. The van der Waals surface area contributed by atoms with Crippen molar-refractivity contribution in [1.82, 2.24) is 0 Å². The second kappa shape index (κ2) is 3.78. The van der Waals surface area contributed by atoms with Crippen molar-refractivity contribution in [2.45, 2.75) is 6.61 Å². The van der Waals surface area contributed by atoms with Gasteiger partial charge in [-0.3, -0.25) is 0 Å². The van der Waals surface area contributed by atoms with Crippen molar-refractivity contribution >= 4 is 11.3 Å². The molecule has 0 aliphatic carbocycles. The highest BCUT2D eigenvalue weighted by atomic mass is 32.1. The van der Waals surface area contributed by atoms with Crippen molar-refractivity contribution in [2.75, 3.05) is 0 Å². The van der Waals surface area contributed by atoms with Crippen LogP contribution >= 0.6 is 11.3 Å². The highest BCUT2D eigenvalue weighted by molar-refractivity contribution is 7.12. The molecule has 0 bridgehead atoms. The van der Waals surface area contributed by atoms with Gasteiger partial charge in [0.05, 0.1) is 11.5 Å². The van der Waals surface area contributed by atoms with Gasteiger partial charge in [-0.1, -0.05) is 0 Å². The van der Waals surface area contributed by atoms with Gasteiger partial charge in [-0.15, -0.1) is 11.3 Å². The summed E-state index contributed by atoms with van der Waals surface area (Å²) >= 11 is 1.40. The summed E-state index contributed by atoms with van der Waals surface area (Å²) in [5, 5.41) is 16.8. The molecule has 0 atom stereocenters. The molecule has 1 heterocycles. The van der Waals surface area contributed by atoms with Gasteiger partial charge in [0.25, 0.3) is 0 Å². The van der Waals surface area contributed by atoms with E-state index in [2.05, 4.69) is 11.8 Å². The van der Waals surface area contributed by atoms with Gasteiger partial charge >= 0.3 is 0 Å². The number of rotatable bonds is 1. The molecule has 1 aromatic heterocycles. The molecule has 11 heavy (non-hydrogen) atoms. The predicted octanol–water partition coefficient (Wildman–Crippen LogP) is 1.12. The van der Waals surface area contributed by atoms with Crippen LogP contribution in [0.2, 0.25) is 0 Å². The van der Waals surface area contributed by atoms with E-state index in [-0.39, 0.29) is 6.61 Å². The third-order valence-corrected chi connectivity index (χ3v) is 2.04. The summed E-state index contributed by atoms with van der Waals surface area (Å²) in [7, 11) is 0. The van der Waals surface area contributed by atoms with Crippen LogP contribution in [0.3, 0.4) is 0 Å². The maximum Gasteiger partial charge on any atom is 0.152 e. The number of nitrogens with zero attached hydrogens (tertiary/aromatic N) is 1. The van der Waals surface area contributed by atoms with Crippen molar-refractivity contribution < 1.29 is 5.11 Å². The predicted molar refractivity (Wildman–Crippen MR) is 42.7 cm³/mol. The van der Waals surface area contributed by atoms with Crippen molar-refractivity contribution in [3.8, 4) is 17.9 Å². The fraction of sp³-hybridized carbons (Fsp3) is 0.125. The molecule has 1 aromatic rings. The summed E-state index contributed by atoms with van der Waals surface area (Å²) in [4.78, 5) is 1.68. The van der Waals surface area contributed by atoms with E-state index in [9.17, 15) is 0 Å². The third kappa shape index (κ3) is 2.09. The van der Waals surface area contributed by atoms with Gasteiger partial charge in [0.2, 0.25) is 0 Å². The lowest BCUT2D eigenvalue weighted by atomic mass is 10.4. The van der Waals surface area contributed by atoms with Crippen LogP contribution in [-0.4, -0.2) is 5.11 Å². The fourth-order valence-corrected chi connectivity index (χ4v) is 1.34. The van der Waals surface area contributed by atoms with Gasteiger partial charge in [-0.05, 0) is 18.1 Å². The molecule has 3 heteroatoms. The van der Waals surface area contributed by atoms with Gasteiger partial charge in [0.1, 0.15) is 0 Å². The maximum atomic E-state index is 8.67. The minimum absolute atomic E-state index is 0.0406. The number of aliphatic hydroxyl groups is 1. The summed E-state index contributed by atoms with van der Waals surface area (Å²) in [5.74, 6) is 4.93. The first-order valence-electron chi connectivity index (χ1n) is 2.96. The Morgan fingerprint density at radius 1 is 1.55 bits per heavy atom. The molecular formula is C8H5NOS. The Labute approximate surface area is 68.7 Å². The number of nitriles is 1. The van der Waals surface area contributed by atoms with Gasteiger partial charge in [0, 0.05) is 10.8 Å². The van der Waals surface area contributed by atoms with Crippen LogP contribution in [-0.2, 0) is 6.61 Å². The van der Waals surface area contributed by atoms with Gasteiger partial charge < -0.3 is 5.11 Å². The standard InChI is InChI=1S/C8H5NOS/c9-5-1-2-7-3-4-8(6-10)11-7/h3-4,10H,6H2. The van der Waals surface area contributed by atoms with E-state index in [1.54, 1.807) is 18.2 Å². The molecule has 1 rings (SSSR count). The highest BCUT2D eigenvalue weighted by Crippen LogP contribution is 2.14. The summed E-state index contributed by atoms with van der Waals surface area (Å²) in [5.41, 5.74) is 0. The SMILES string of the molecule is N#CC#Cc1ccc(CO)s1. The van der Waals surface area contributed by atoms with E-state index in [4.69, 9.17) is 10.4 Å². The maximum absolute atomic E-state index is 8.67. The Balaban J connectivity index is 2.83. The van der Waals surface area contributed by atoms with Gasteiger partial charge in [-0.2, -0.15) is 5.26 Å². The monoisotopic (exact) mass is 163 g/mol. The zero-order valence-corrected chi connectivity index (χ0v) is 6.48. The molecule has 0 radical (unpaired) electrons. The Morgan fingerprint density at radius 3 is 2.91 bits per heavy atom. The molecule has 0 fully saturated rings. The molecule has 54 valence electrons. The van der Waals surface area contributed by atoms with E-state index in [1.165, 1.54) is 11.3 Å². The first-order chi connectivity index (χ1) is 5.36. The largest absolute Gasteiger partial charge is 0.391 e. The summed E-state index contributed by atoms with van der Waals surface area (Å²) in [6, 6.07) is 5.32. The smallest absolute Gasteiger partial charge is 0.152 e. The Hall–Kier alpha value is -1.29. The molecule has 0 aliphatic heterocycles. The quantitative estimate of drug-likeness (QED) is 0.630. The van der Waals surface area contributed by atoms with Crippen molar-refractivity contribution in [3.63, 3.8) is 0 Å². The lowest BCUT2D eigenvalue weighted by molar-refractivity contribution is 0.285. The number of aliphatic hydroxyl groups excluding tert-OH is 1. The Morgan fingerprint density at radius 2 is 2.36 bits per heavy atom. The molecular weight excluding hydrogens is 158 g/mol. The van der Waals surface area contributed by atoms with E-state index in [0.29, 0.717) is 0 Å². The molecule has 0 saturated heterocycles. The molecule has 0 aliphatic rings. The normalized spacial score (nSPS) is 8.00. The minimum atomic E-state index is 0.0406. The first kappa shape index (κ1) is 7.81. The molecule has 0 amide bonds. The van der Waals surface area contributed by atoms with Crippen LogP contribution in [0.5, 0.6) is 0 Å². The van der Waals surface area contributed by atoms with Crippen LogP contribution in [0.4, 0.5) is 0 Å². The number of hydrogen-bond acceptors (Lipinski definition) is 3. The second-order valence-electron chi connectivity index (χ2n) is 1.79. The van der Waals surface area contributed by atoms with Crippen molar-refractivity contribution in [2.24, 2.45) is 0 Å². The highest BCUT2D eigenvalue weighted by Gasteiger charge is 1.93. The van der Waals surface area contributed by atoms with Crippen LogP contribution in [0.25, 0.3) is 0 Å². The average molecular weight is 163 g/mol. The third-order valence-electron chi connectivity index (χ3n) is 1.06. The molecule has 0 aromatic carbocycles. The van der Waals surface area contributed by atoms with E-state index >= 15 is 0 Å². The lowest BCUT2D eigenvalue weighted by Gasteiger charge is -1.80. The minimum Gasteiger partial charge on any atom is -0.391 e. The van der Waals surface area contributed by atoms with Gasteiger partial charge in [0.15, 0.2) is 6.07 Å². The van der Waals surface area contributed by atoms with Crippen LogP contribution < -0.4 is 0 Å². The van der Waals surface area contributed by atoms with E-state index < -0.39 is 0 Å². The molecule has 0 saturated carbocycles. The molecule has 2 nitrogen and oxygen atoms in total. The Kier molecular flexibility index (Phi) is 2.68. The number of thiophene rings is 1. The van der Waals surface area contributed by atoms with E-state index in [0.717, 1.165) is 9.75 Å².